The quantitative estimate of drug-likeness (QED) is 0.748. The molecular formula is C22H22ClN3O2S. The van der Waals surface area contributed by atoms with Crippen molar-refractivity contribution in [3.63, 3.8) is 0 Å². The first-order chi connectivity index (χ1) is 14.1. The van der Waals surface area contributed by atoms with Gasteiger partial charge in [0, 0.05) is 36.9 Å². The predicted molar refractivity (Wildman–Crippen MR) is 119 cm³/mol. The summed E-state index contributed by atoms with van der Waals surface area (Å²) in [5, 5.41) is 2.68. The molecular weight excluding hydrogens is 406 g/mol. The Morgan fingerprint density at radius 1 is 1.00 bits per heavy atom. The van der Waals surface area contributed by atoms with Crippen LogP contribution in [0.5, 0.6) is 0 Å². The Kier molecular flexibility index (Phi) is 6.11. The van der Waals surface area contributed by atoms with Crippen molar-refractivity contribution in [3.8, 4) is 0 Å². The summed E-state index contributed by atoms with van der Waals surface area (Å²) >= 11 is 7.57. The van der Waals surface area contributed by atoms with Crippen LogP contribution in [0.2, 0.25) is 5.02 Å². The van der Waals surface area contributed by atoms with Crippen molar-refractivity contribution in [3.05, 3.63) is 70.6 Å². The maximum atomic E-state index is 12.9. The summed E-state index contributed by atoms with van der Waals surface area (Å²) in [5.41, 5.74) is 2.83. The van der Waals surface area contributed by atoms with Gasteiger partial charge in [0.05, 0.1) is 11.4 Å². The van der Waals surface area contributed by atoms with E-state index in [4.69, 9.17) is 11.6 Å². The van der Waals surface area contributed by atoms with Crippen LogP contribution in [-0.2, 0) is 9.59 Å². The second-order valence-corrected chi connectivity index (χ2v) is 8.30. The van der Waals surface area contributed by atoms with E-state index in [0.29, 0.717) is 23.9 Å². The number of anilines is 1. The van der Waals surface area contributed by atoms with Gasteiger partial charge in [-0.1, -0.05) is 48.0 Å². The van der Waals surface area contributed by atoms with E-state index in [0.717, 1.165) is 30.0 Å². The normalized spacial score (nSPS) is 17.3. The zero-order valence-corrected chi connectivity index (χ0v) is 17.5. The summed E-state index contributed by atoms with van der Waals surface area (Å²) in [6.45, 7) is 2.84. The standard InChI is InChI=1S/C22H22ClN3O2S/c23-18-7-4-8-19(13-18)24-9-11-25(12-10-24)21(27)14-26-20(15-29-16-22(26)28)17-5-2-1-3-6-17/h1-8,13,15H,9-12,14,16H2. The zero-order valence-electron chi connectivity index (χ0n) is 16.0. The van der Waals surface area contributed by atoms with E-state index in [1.807, 2.05) is 64.9 Å². The van der Waals surface area contributed by atoms with Crippen molar-refractivity contribution >= 4 is 46.6 Å². The van der Waals surface area contributed by atoms with Crippen molar-refractivity contribution < 1.29 is 9.59 Å². The van der Waals surface area contributed by atoms with Crippen LogP contribution in [0.3, 0.4) is 0 Å². The fourth-order valence-electron chi connectivity index (χ4n) is 3.60. The number of thioether (sulfide) groups is 1. The Morgan fingerprint density at radius 3 is 2.48 bits per heavy atom. The minimum atomic E-state index is -0.0257. The molecule has 2 heterocycles. The maximum Gasteiger partial charge on any atom is 0.242 e. The van der Waals surface area contributed by atoms with Crippen molar-refractivity contribution in [1.29, 1.82) is 0 Å². The Hall–Kier alpha value is -2.44. The number of hydrogen-bond acceptors (Lipinski definition) is 4. The molecule has 0 bridgehead atoms. The molecule has 0 N–H and O–H groups in total. The molecule has 0 aromatic heterocycles. The van der Waals surface area contributed by atoms with Crippen LogP contribution in [0, 0.1) is 0 Å². The largest absolute Gasteiger partial charge is 0.368 e. The average molecular weight is 428 g/mol. The van der Waals surface area contributed by atoms with Crippen LogP contribution >= 0.6 is 23.4 Å². The topological polar surface area (TPSA) is 43.9 Å². The Bertz CT molecular complexity index is 927. The van der Waals surface area contributed by atoms with E-state index in [9.17, 15) is 9.59 Å². The first kappa shape index (κ1) is 19.9. The van der Waals surface area contributed by atoms with Gasteiger partial charge in [0.2, 0.25) is 11.8 Å². The van der Waals surface area contributed by atoms with Crippen molar-refractivity contribution in [2.75, 3.05) is 43.4 Å². The molecule has 2 aliphatic heterocycles. The van der Waals surface area contributed by atoms with Gasteiger partial charge in [-0.05, 0) is 29.2 Å². The Balaban J connectivity index is 1.40. The summed E-state index contributed by atoms with van der Waals surface area (Å²) in [6, 6.07) is 17.5. The van der Waals surface area contributed by atoms with Crippen LogP contribution in [0.1, 0.15) is 5.56 Å². The fourth-order valence-corrected chi connectivity index (χ4v) is 4.58. The summed E-state index contributed by atoms with van der Waals surface area (Å²) in [7, 11) is 0. The lowest BCUT2D eigenvalue weighted by Crippen LogP contribution is -2.52. The third kappa shape index (κ3) is 4.60. The fraction of sp³-hybridized carbons (Fsp3) is 0.273. The third-order valence-electron chi connectivity index (χ3n) is 5.16. The molecule has 0 radical (unpaired) electrons. The zero-order chi connectivity index (χ0) is 20.2. The summed E-state index contributed by atoms with van der Waals surface area (Å²) in [4.78, 5) is 31.2. The number of carbonyl (C=O) groups is 2. The Morgan fingerprint density at radius 2 is 1.76 bits per heavy atom. The third-order valence-corrected chi connectivity index (χ3v) is 6.20. The number of rotatable bonds is 4. The lowest BCUT2D eigenvalue weighted by Gasteiger charge is -2.37. The van der Waals surface area contributed by atoms with Crippen LogP contribution in [0.25, 0.3) is 5.70 Å². The summed E-state index contributed by atoms with van der Waals surface area (Å²) in [6.07, 6.45) is 0. The molecule has 7 heteroatoms. The predicted octanol–water partition coefficient (Wildman–Crippen LogP) is 3.56. The highest BCUT2D eigenvalue weighted by Gasteiger charge is 2.29. The second-order valence-electron chi connectivity index (χ2n) is 7.01. The van der Waals surface area contributed by atoms with E-state index in [2.05, 4.69) is 4.90 Å². The molecule has 5 nitrogen and oxygen atoms in total. The molecule has 0 unspecified atom stereocenters. The molecule has 2 aromatic carbocycles. The van der Waals surface area contributed by atoms with Crippen molar-refractivity contribution in [1.82, 2.24) is 9.80 Å². The highest BCUT2D eigenvalue weighted by atomic mass is 35.5. The van der Waals surface area contributed by atoms with Gasteiger partial charge in [-0.2, -0.15) is 0 Å². The molecule has 0 saturated carbocycles. The van der Waals surface area contributed by atoms with Gasteiger partial charge >= 0.3 is 0 Å². The van der Waals surface area contributed by atoms with E-state index < -0.39 is 0 Å². The minimum Gasteiger partial charge on any atom is -0.368 e. The van der Waals surface area contributed by atoms with Gasteiger partial charge < -0.3 is 14.7 Å². The molecule has 0 aliphatic carbocycles. The van der Waals surface area contributed by atoms with Gasteiger partial charge in [0.25, 0.3) is 0 Å². The lowest BCUT2D eigenvalue weighted by atomic mass is 10.1. The van der Waals surface area contributed by atoms with Crippen molar-refractivity contribution in [2.24, 2.45) is 0 Å². The number of hydrogen-bond donors (Lipinski definition) is 0. The van der Waals surface area contributed by atoms with E-state index >= 15 is 0 Å². The van der Waals surface area contributed by atoms with E-state index in [-0.39, 0.29) is 18.4 Å². The molecule has 1 saturated heterocycles. The average Bonchev–Trinajstić information content (AvgIpc) is 2.76. The first-order valence-electron chi connectivity index (χ1n) is 9.58. The van der Waals surface area contributed by atoms with Gasteiger partial charge in [0.15, 0.2) is 0 Å². The first-order valence-corrected chi connectivity index (χ1v) is 11.0. The van der Waals surface area contributed by atoms with Gasteiger partial charge in [-0.3, -0.25) is 9.59 Å². The lowest BCUT2D eigenvalue weighted by molar-refractivity contribution is -0.137. The number of benzene rings is 2. The minimum absolute atomic E-state index is 0.0159. The molecule has 2 aromatic rings. The van der Waals surface area contributed by atoms with Crippen LogP contribution in [0.15, 0.2) is 60.0 Å². The van der Waals surface area contributed by atoms with Crippen molar-refractivity contribution in [2.45, 2.75) is 0 Å². The van der Waals surface area contributed by atoms with Crippen LogP contribution in [-0.4, -0.2) is 60.1 Å². The van der Waals surface area contributed by atoms with Gasteiger partial charge in [0.1, 0.15) is 6.54 Å². The molecule has 0 atom stereocenters. The molecule has 150 valence electrons. The summed E-state index contributed by atoms with van der Waals surface area (Å²) in [5.74, 6) is 0.326. The maximum absolute atomic E-state index is 12.9. The molecule has 2 amide bonds. The number of nitrogens with zero attached hydrogens (tertiary/aromatic N) is 3. The highest BCUT2D eigenvalue weighted by Crippen LogP contribution is 2.28. The molecule has 2 aliphatic rings. The SMILES string of the molecule is O=C(CN1C(=O)CSC=C1c1ccccc1)N1CCN(c2cccc(Cl)c2)CC1. The Labute approximate surface area is 179 Å². The smallest absolute Gasteiger partial charge is 0.242 e. The van der Waals surface area contributed by atoms with Crippen LogP contribution < -0.4 is 4.90 Å². The van der Waals surface area contributed by atoms with E-state index in [1.54, 1.807) is 4.90 Å². The van der Waals surface area contributed by atoms with Gasteiger partial charge in [-0.25, -0.2) is 0 Å². The second kappa shape index (κ2) is 8.93. The summed E-state index contributed by atoms with van der Waals surface area (Å²) < 4.78 is 0. The number of amides is 2. The molecule has 0 spiro atoms. The number of halogens is 1. The van der Waals surface area contributed by atoms with E-state index in [1.165, 1.54) is 11.8 Å². The molecule has 29 heavy (non-hydrogen) atoms. The molecule has 1 fully saturated rings. The van der Waals surface area contributed by atoms with Crippen LogP contribution in [0.4, 0.5) is 5.69 Å². The monoisotopic (exact) mass is 427 g/mol. The van der Waals surface area contributed by atoms with Gasteiger partial charge in [-0.15, -0.1) is 11.8 Å². The molecule has 4 rings (SSSR count). The number of piperazine rings is 1. The number of carbonyl (C=O) groups excluding carboxylic acids is 2. The highest BCUT2D eigenvalue weighted by molar-refractivity contribution is 8.03.